The van der Waals surface area contributed by atoms with Gasteiger partial charge in [0.2, 0.25) is 0 Å². The van der Waals surface area contributed by atoms with Crippen molar-refractivity contribution in [2.75, 3.05) is 6.61 Å². The van der Waals surface area contributed by atoms with Crippen molar-refractivity contribution in [3.63, 3.8) is 0 Å². The molecule has 4 aromatic rings. The van der Waals surface area contributed by atoms with Crippen LogP contribution in [-0.2, 0) is 7.05 Å². The fourth-order valence-electron chi connectivity index (χ4n) is 4.00. The van der Waals surface area contributed by atoms with E-state index < -0.39 is 0 Å². The largest absolute Gasteiger partial charge is 0.396 e. The van der Waals surface area contributed by atoms with Crippen molar-refractivity contribution >= 4 is 5.65 Å². The number of fused-ring (bicyclic) bond motifs is 1. The number of hydrogen-bond donors (Lipinski definition) is 1. The van der Waals surface area contributed by atoms with Crippen molar-refractivity contribution in [2.24, 2.45) is 13.0 Å². The average Bonchev–Trinajstić information content (AvgIpc) is 3.47. The lowest BCUT2D eigenvalue weighted by molar-refractivity contribution is 0.155. The van der Waals surface area contributed by atoms with E-state index in [9.17, 15) is 5.11 Å². The summed E-state index contributed by atoms with van der Waals surface area (Å²) in [6.45, 7) is 4.18. The Bertz CT molecular complexity index is 1110. The highest BCUT2D eigenvalue weighted by molar-refractivity contribution is 5.68. The maximum atomic E-state index is 9.49. The van der Waals surface area contributed by atoms with Crippen LogP contribution < -0.4 is 0 Å². The highest BCUT2D eigenvalue weighted by atomic mass is 16.3. The van der Waals surface area contributed by atoms with Gasteiger partial charge in [-0.2, -0.15) is 10.2 Å². The first-order chi connectivity index (χ1) is 14.7. The van der Waals surface area contributed by atoms with Crippen LogP contribution in [0.3, 0.4) is 0 Å². The summed E-state index contributed by atoms with van der Waals surface area (Å²) in [6, 6.07) is 2.21. The smallest absolute Gasteiger partial charge is 0.149 e. The molecule has 1 saturated carbocycles. The number of aliphatic hydroxyl groups is 1. The van der Waals surface area contributed by atoms with Gasteiger partial charge in [0, 0.05) is 50.1 Å². The fourth-order valence-corrected chi connectivity index (χ4v) is 4.00. The molecule has 1 atom stereocenters. The van der Waals surface area contributed by atoms with Gasteiger partial charge in [-0.25, -0.2) is 9.97 Å². The van der Waals surface area contributed by atoms with Crippen molar-refractivity contribution in [2.45, 2.75) is 45.6 Å². The molecule has 0 aromatic carbocycles. The minimum atomic E-state index is 0.177. The summed E-state index contributed by atoms with van der Waals surface area (Å²) in [7, 11) is 1.89. The summed E-state index contributed by atoms with van der Waals surface area (Å²) in [5, 5.41) is 18.4. The zero-order chi connectivity index (χ0) is 21.1. The van der Waals surface area contributed by atoms with E-state index in [1.807, 2.05) is 67.0 Å². The molecule has 1 N–H and O–H groups in total. The number of imidazole rings is 1. The molecule has 0 spiro atoms. The van der Waals surface area contributed by atoms with E-state index in [-0.39, 0.29) is 12.6 Å². The Morgan fingerprint density at radius 2 is 1.93 bits per heavy atom. The predicted molar refractivity (Wildman–Crippen MR) is 116 cm³/mol. The zero-order valence-corrected chi connectivity index (χ0v) is 17.8. The van der Waals surface area contributed by atoms with Crippen LogP contribution in [0.4, 0.5) is 0 Å². The molecule has 5 rings (SSSR count). The molecule has 0 saturated heterocycles. The zero-order valence-electron chi connectivity index (χ0n) is 17.8. The van der Waals surface area contributed by atoms with E-state index in [2.05, 4.69) is 15.2 Å². The Balaban J connectivity index is 0.00000106. The van der Waals surface area contributed by atoms with Crippen LogP contribution in [0.1, 0.15) is 45.6 Å². The molecule has 0 amide bonds. The second kappa shape index (κ2) is 8.79. The van der Waals surface area contributed by atoms with Gasteiger partial charge in [-0.15, -0.1) is 0 Å². The number of nitrogens with zero attached hydrogens (tertiary/aromatic N) is 7. The van der Waals surface area contributed by atoms with E-state index >= 15 is 0 Å². The van der Waals surface area contributed by atoms with Gasteiger partial charge in [0.1, 0.15) is 11.5 Å². The molecule has 30 heavy (non-hydrogen) atoms. The van der Waals surface area contributed by atoms with Gasteiger partial charge in [0.25, 0.3) is 0 Å². The van der Waals surface area contributed by atoms with E-state index in [0.29, 0.717) is 5.92 Å². The molecule has 0 radical (unpaired) electrons. The van der Waals surface area contributed by atoms with Gasteiger partial charge < -0.3 is 5.11 Å². The lowest BCUT2D eigenvalue weighted by Gasteiger charge is -2.33. The summed E-state index contributed by atoms with van der Waals surface area (Å²) in [4.78, 5) is 9.35. The molecule has 1 fully saturated rings. The van der Waals surface area contributed by atoms with Crippen molar-refractivity contribution in [1.29, 1.82) is 0 Å². The van der Waals surface area contributed by atoms with Crippen LogP contribution in [0.15, 0.2) is 43.2 Å². The van der Waals surface area contributed by atoms with Gasteiger partial charge in [-0.05, 0) is 25.2 Å². The molecule has 0 aliphatic heterocycles. The van der Waals surface area contributed by atoms with Crippen molar-refractivity contribution in [3.05, 3.63) is 43.2 Å². The molecule has 1 aliphatic carbocycles. The summed E-state index contributed by atoms with van der Waals surface area (Å²) < 4.78 is 5.75. The minimum Gasteiger partial charge on any atom is -0.396 e. The SMILES string of the molecule is CC.Cn1cc(-c2cc3nccn3c(-c3cnn(C(CCO)C4CCC4)c3)n2)cn1. The standard InChI is InChI=1S/C20H23N7O.C2H6/c1-25-12-15(10-22-25)17-9-19-21-6-7-26(19)20(24-17)16-11-23-27(13-16)18(5-8-28)14-3-2-4-14;1-2/h6-7,9-14,18,28H,2-5,8H2,1H3;1-2H3. The number of aliphatic hydroxyl groups excluding tert-OH is 1. The first-order valence-electron chi connectivity index (χ1n) is 10.7. The second-order valence-corrected chi connectivity index (χ2v) is 7.50. The molecule has 8 nitrogen and oxygen atoms in total. The van der Waals surface area contributed by atoms with Gasteiger partial charge in [-0.1, -0.05) is 20.3 Å². The maximum absolute atomic E-state index is 9.49. The molecule has 4 aromatic heterocycles. The number of rotatable bonds is 6. The summed E-state index contributed by atoms with van der Waals surface area (Å²) in [5.74, 6) is 1.40. The van der Waals surface area contributed by atoms with Crippen molar-refractivity contribution in [3.8, 4) is 22.6 Å². The average molecular weight is 408 g/mol. The molecule has 158 valence electrons. The van der Waals surface area contributed by atoms with Crippen LogP contribution in [0.5, 0.6) is 0 Å². The Labute approximate surface area is 176 Å². The van der Waals surface area contributed by atoms with E-state index in [1.54, 1.807) is 10.9 Å². The highest BCUT2D eigenvalue weighted by Crippen LogP contribution is 2.38. The van der Waals surface area contributed by atoms with E-state index in [0.717, 1.165) is 34.7 Å². The topological polar surface area (TPSA) is 86.1 Å². The predicted octanol–water partition coefficient (Wildman–Crippen LogP) is 3.74. The van der Waals surface area contributed by atoms with E-state index in [1.165, 1.54) is 19.3 Å². The van der Waals surface area contributed by atoms with Crippen LogP contribution in [0.25, 0.3) is 28.3 Å². The monoisotopic (exact) mass is 407 g/mol. The van der Waals surface area contributed by atoms with Gasteiger partial charge in [0.05, 0.1) is 29.7 Å². The van der Waals surface area contributed by atoms with Crippen LogP contribution >= 0.6 is 0 Å². The molecule has 0 bridgehead atoms. The molecule has 1 unspecified atom stereocenters. The van der Waals surface area contributed by atoms with Gasteiger partial charge in [-0.3, -0.25) is 13.8 Å². The lowest BCUT2D eigenvalue weighted by atomic mass is 9.78. The Morgan fingerprint density at radius 1 is 1.13 bits per heavy atom. The fraction of sp³-hybridized carbons (Fsp3) is 0.455. The Hall–Kier alpha value is -3.00. The van der Waals surface area contributed by atoms with Gasteiger partial charge in [0.15, 0.2) is 0 Å². The Morgan fingerprint density at radius 3 is 2.60 bits per heavy atom. The van der Waals surface area contributed by atoms with Crippen molar-refractivity contribution < 1.29 is 5.11 Å². The minimum absolute atomic E-state index is 0.177. The van der Waals surface area contributed by atoms with Crippen LogP contribution in [-0.4, -0.2) is 45.6 Å². The normalized spacial score (nSPS) is 14.9. The lowest BCUT2D eigenvalue weighted by Crippen LogP contribution is -2.26. The molecule has 4 heterocycles. The van der Waals surface area contributed by atoms with Crippen LogP contribution in [0, 0.1) is 5.92 Å². The summed E-state index contributed by atoms with van der Waals surface area (Å²) in [6.07, 6.45) is 15.8. The molecular formula is C22H29N7O. The quantitative estimate of drug-likeness (QED) is 0.526. The number of hydrogen-bond acceptors (Lipinski definition) is 5. The molecule has 1 aliphatic rings. The number of aryl methyl sites for hydroxylation is 1. The summed E-state index contributed by atoms with van der Waals surface area (Å²) >= 11 is 0. The first kappa shape index (κ1) is 20.3. The third-order valence-corrected chi connectivity index (χ3v) is 5.71. The van der Waals surface area contributed by atoms with Crippen molar-refractivity contribution in [1.82, 2.24) is 33.9 Å². The van der Waals surface area contributed by atoms with Gasteiger partial charge >= 0.3 is 0 Å². The maximum Gasteiger partial charge on any atom is 0.149 e. The third-order valence-electron chi connectivity index (χ3n) is 5.71. The third kappa shape index (κ3) is 3.75. The summed E-state index contributed by atoms with van der Waals surface area (Å²) in [5.41, 5.74) is 3.56. The second-order valence-electron chi connectivity index (χ2n) is 7.50. The Kier molecular flexibility index (Phi) is 5.94. The molecular weight excluding hydrogens is 378 g/mol. The molecule has 8 heteroatoms. The highest BCUT2D eigenvalue weighted by Gasteiger charge is 2.29. The number of aromatic nitrogens is 7. The van der Waals surface area contributed by atoms with Crippen LogP contribution in [0.2, 0.25) is 0 Å². The van der Waals surface area contributed by atoms with E-state index in [4.69, 9.17) is 4.98 Å². The first-order valence-corrected chi connectivity index (χ1v) is 10.7.